The van der Waals surface area contributed by atoms with Gasteiger partial charge in [0.05, 0.1) is 20.3 Å². The second kappa shape index (κ2) is 11.0. The summed E-state index contributed by atoms with van der Waals surface area (Å²) in [6.45, 7) is 5.11. The van der Waals surface area contributed by atoms with Gasteiger partial charge in [0.1, 0.15) is 11.5 Å². The van der Waals surface area contributed by atoms with Crippen molar-refractivity contribution in [1.82, 2.24) is 10.6 Å². The second-order valence-corrected chi connectivity index (χ2v) is 6.30. The molecule has 1 aliphatic heterocycles. The van der Waals surface area contributed by atoms with Gasteiger partial charge >= 0.3 is 0 Å². The molecule has 6 heteroatoms. The number of nitrogens with zero attached hydrogens (tertiary/aromatic N) is 1. The van der Waals surface area contributed by atoms with Crippen LogP contribution in [0.4, 0.5) is 0 Å². The van der Waals surface area contributed by atoms with Crippen LogP contribution in [-0.4, -0.2) is 32.8 Å². The zero-order valence-corrected chi connectivity index (χ0v) is 18.2. The van der Waals surface area contributed by atoms with Gasteiger partial charge in [0, 0.05) is 19.0 Å². The predicted molar refractivity (Wildman–Crippen MR) is 121 cm³/mol. The minimum absolute atomic E-state index is 0. The molecule has 146 valence electrons. The summed E-state index contributed by atoms with van der Waals surface area (Å²) in [5, 5.41) is 6.80. The number of methoxy groups -OCH3 is 1. The van der Waals surface area contributed by atoms with Crippen LogP contribution in [0.5, 0.6) is 11.5 Å². The number of ether oxygens (including phenoxy) is 2. The fraction of sp³-hybridized carbons (Fsp3) is 0.381. The summed E-state index contributed by atoms with van der Waals surface area (Å²) in [4.78, 5) is 4.71. The van der Waals surface area contributed by atoms with Crippen molar-refractivity contribution < 1.29 is 9.47 Å². The highest BCUT2D eigenvalue weighted by molar-refractivity contribution is 14.0. The Balaban J connectivity index is 0.00000261. The molecule has 0 aliphatic carbocycles. The van der Waals surface area contributed by atoms with Crippen LogP contribution in [0.25, 0.3) is 0 Å². The molecular formula is C21H28IN3O2. The maximum Gasteiger partial charge on any atom is 0.191 e. The van der Waals surface area contributed by atoms with Crippen molar-refractivity contribution in [3.05, 3.63) is 59.7 Å². The Morgan fingerprint density at radius 1 is 1.19 bits per heavy atom. The predicted octanol–water partition coefficient (Wildman–Crippen LogP) is 3.93. The van der Waals surface area contributed by atoms with Crippen LogP contribution in [-0.2, 0) is 6.54 Å². The van der Waals surface area contributed by atoms with E-state index in [-0.39, 0.29) is 24.0 Å². The number of fused-ring (bicyclic) bond motifs is 1. The van der Waals surface area contributed by atoms with E-state index in [2.05, 4.69) is 35.8 Å². The van der Waals surface area contributed by atoms with E-state index >= 15 is 0 Å². The average Bonchev–Trinajstić information content (AvgIpc) is 2.70. The second-order valence-electron chi connectivity index (χ2n) is 6.30. The van der Waals surface area contributed by atoms with Gasteiger partial charge in [-0.3, -0.25) is 0 Å². The van der Waals surface area contributed by atoms with Crippen molar-refractivity contribution in [3.8, 4) is 11.5 Å². The Labute approximate surface area is 178 Å². The molecule has 3 rings (SSSR count). The molecule has 0 radical (unpaired) electrons. The smallest absolute Gasteiger partial charge is 0.191 e. The SMILES string of the molecule is CCNC(=NCc1cccc(OC)c1)NCC1CCOc2ccccc21.I. The van der Waals surface area contributed by atoms with Crippen molar-refractivity contribution in [2.24, 2.45) is 4.99 Å². The number of guanidine groups is 1. The maximum absolute atomic E-state index is 5.75. The molecule has 1 unspecified atom stereocenters. The molecule has 1 aliphatic rings. The summed E-state index contributed by atoms with van der Waals surface area (Å²) >= 11 is 0. The quantitative estimate of drug-likeness (QED) is 0.373. The average molecular weight is 481 g/mol. The molecule has 2 aromatic rings. The van der Waals surface area contributed by atoms with Gasteiger partial charge in [0.15, 0.2) is 5.96 Å². The molecule has 0 bridgehead atoms. The highest BCUT2D eigenvalue weighted by Crippen LogP contribution is 2.32. The molecule has 2 N–H and O–H groups in total. The minimum Gasteiger partial charge on any atom is -0.497 e. The van der Waals surface area contributed by atoms with Crippen molar-refractivity contribution in [2.45, 2.75) is 25.8 Å². The number of benzene rings is 2. The van der Waals surface area contributed by atoms with Gasteiger partial charge in [-0.1, -0.05) is 30.3 Å². The molecule has 0 saturated carbocycles. The monoisotopic (exact) mass is 481 g/mol. The number of halogens is 1. The Morgan fingerprint density at radius 2 is 2.04 bits per heavy atom. The molecule has 5 nitrogen and oxygen atoms in total. The summed E-state index contributed by atoms with van der Waals surface area (Å²) in [6, 6.07) is 16.3. The van der Waals surface area contributed by atoms with Crippen LogP contribution in [0.2, 0.25) is 0 Å². The molecule has 0 spiro atoms. The van der Waals surface area contributed by atoms with Gasteiger partial charge in [-0.15, -0.1) is 24.0 Å². The summed E-state index contributed by atoms with van der Waals surface area (Å²) in [7, 11) is 1.68. The van der Waals surface area contributed by atoms with Gasteiger partial charge in [0.25, 0.3) is 0 Å². The molecule has 0 fully saturated rings. The standard InChI is InChI=1S/C21H27N3O2.HI/c1-3-22-21(23-14-16-7-6-8-18(13-16)25-2)24-15-17-11-12-26-20-10-5-4-9-19(17)20;/h4-10,13,17H,3,11-12,14-15H2,1-2H3,(H2,22,23,24);1H. The van der Waals surface area contributed by atoms with Gasteiger partial charge in [0.2, 0.25) is 0 Å². The Hall–Kier alpha value is -1.96. The molecule has 0 amide bonds. The lowest BCUT2D eigenvalue weighted by molar-refractivity contribution is 0.267. The molecular weight excluding hydrogens is 453 g/mol. The topological polar surface area (TPSA) is 54.9 Å². The van der Waals surface area contributed by atoms with Crippen LogP contribution in [0.15, 0.2) is 53.5 Å². The normalized spacial score (nSPS) is 15.8. The first kappa shape index (κ1) is 21.3. The Kier molecular flexibility index (Phi) is 8.71. The Bertz CT molecular complexity index is 752. The van der Waals surface area contributed by atoms with Gasteiger partial charge in [-0.05, 0) is 42.7 Å². The van der Waals surface area contributed by atoms with Gasteiger partial charge in [-0.25, -0.2) is 4.99 Å². The lowest BCUT2D eigenvalue weighted by Crippen LogP contribution is -2.40. The van der Waals surface area contributed by atoms with Crippen molar-refractivity contribution in [1.29, 1.82) is 0 Å². The lowest BCUT2D eigenvalue weighted by atomic mass is 9.93. The van der Waals surface area contributed by atoms with Crippen molar-refractivity contribution in [3.63, 3.8) is 0 Å². The molecule has 1 atom stereocenters. The summed E-state index contributed by atoms with van der Waals surface area (Å²) in [5.74, 6) is 3.12. The van der Waals surface area contributed by atoms with E-state index < -0.39 is 0 Å². The van der Waals surface area contributed by atoms with Gasteiger partial charge in [-0.2, -0.15) is 0 Å². The zero-order chi connectivity index (χ0) is 18.2. The number of rotatable bonds is 6. The zero-order valence-electron chi connectivity index (χ0n) is 15.9. The number of para-hydroxylation sites is 1. The van der Waals surface area contributed by atoms with Crippen LogP contribution in [0.3, 0.4) is 0 Å². The summed E-state index contributed by atoms with van der Waals surface area (Å²) in [5.41, 5.74) is 2.40. The number of nitrogens with one attached hydrogen (secondary N) is 2. The number of aliphatic imine (C=N–C) groups is 1. The minimum atomic E-state index is 0. The lowest BCUT2D eigenvalue weighted by Gasteiger charge is -2.26. The van der Waals surface area contributed by atoms with Crippen LogP contribution in [0, 0.1) is 0 Å². The molecule has 0 saturated heterocycles. The van der Waals surface area contributed by atoms with Gasteiger partial charge < -0.3 is 20.1 Å². The summed E-state index contributed by atoms with van der Waals surface area (Å²) < 4.78 is 11.0. The fourth-order valence-electron chi connectivity index (χ4n) is 3.13. The fourth-order valence-corrected chi connectivity index (χ4v) is 3.13. The van der Waals surface area contributed by atoms with E-state index in [0.29, 0.717) is 12.5 Å². The third-order valence-electron chi connectivity index (χ3n) is 4.50. The van der Waals surface area contributed by atoms with Crippen molar-refractivity contribution >= 4 is 29.9 Å². The molecule has 1 heterocycles. The van der Waals surface area contributed by atoms with E-state index in [1.165, 1.54) is 5.56 Å². The third kappa shape index (κ3) is 6.02. The first-order chi connectivity index (χ1) is 12.8. The number of hydrogen-bond donors (Lipinski definition) is 2. The van der Waals surface area contributed by atoms with E-state index in [1.54, 1.807) is 7.11 Å². The number of hydrogen-bond acceptors (Lipinski definition) is 3. The molecule has 27 heavy (non-hydrogen) atoms. The molecule has 0 aromatic heterocycles. The highest BCUT2D eigenvalue weighted by atomic mass is 127. The maximum atomic E-state index is 5.75. The van der Waals surface area contributed by atoms with Crippen LogP contribution in [0.1, 0.15) is 30.4 Å². The van der Waals surface area contributed by atoms with E-state index in [4.69, 9.17) is 14.5 Å². The third-order valence-corrected chi connectivity index (χ3v) is 4.50. The largest absolute Gasteiger partial charge is 0.497 e. The van der Waals surface area contributed by atoms with Crippen LogP contribution < -0.4 is 20.1 Å². The summed E-state index contributed by atoms with van der Waals surface area (Å²) in [6.07, 6.45) is 1.01. The highest BCUT2D eigenvalue weighted by Gasteiger charge is 2.21. The van der Waals surface area contributed by atoms with Crippen molar-refractivity contribution in [2.75, 3.05) is 26.8 Å². The van der Waals surface area contributed by atoms with E-state index in [1.807, 2.05) is 30.3 Å². The molecule has 2 aromatic carbocycles. The first-order valence-corrected chi connectivity index (χ1v) is 9.17. The van der Waals surface area contributed by atoms with E-state index in [9.17, 15) is 0 Å². The van der Waals surface area contributed by atoms with Crippen LogP contribution >= 0.6 is 24.0 Å². The van der Waals surface area contributed by atoms with E-state index in [0.717, 1.165) is 49.1 Å². The first-order valence-electron chi connectivity index (χ1n) is 9.17. The Morgan fingerprint density at radius 3 is 2.85 bits per heavy atom.